The molecule has 0 fully saturated rings. The van der Waals surface area contributed by atoms with Gasteiger partial charge in [-0.25, -0.2) is 0 Å². The van der Waals surface area contributed by atoms with E-state index in [1.807, 2.05) is 0 Å². The number of furan rings is 1. The van der Waals surface area contributed by atoms with Gasteiger partial charge in [-0.05, 0) is 30.3 Å². The Kier molecular flexibility index (Phi) is 4.52. The maximum Gasteiger partial charge on any atom is 0.284 e. The maximum atomic E-state index is 12.1. The molecule has 0 N–H and O–H groups in total. The third kappa shape index (κ3) is 3.35. The molecule has 0 bridgehead atoms. The van der Waals surface area contributed by atoms with Crippen molar-refractivity contribution in [2.24, 2.45) is 0 Å². The summed E-state index contributed by atoms with van der Waals surface area (Å²) >= 11 is 12.9. The number of hydrogen-bond donors (Lipinski definition) is 0. The number of nitrogens with zero attached hydrogens (tertiary/aromatic N) is 2. The molecule has 0 aliphatic rings. The predicted octanol–water partition coefficient (Wildman–Crippen LogP) is 4.61. The van der Waals surface area contributed by atoms with E-state index >= 15 is 0 Å². The number of thioether (sulfide) groups is 1. The van der Waals surface area contributed by atoms with Gasteiger partial charge in [0.2, 0.25) is 0 Å². The van der Waals surface area contributed by atoms with E-state index in [0.717, 1.165) is 11.8 Å². The van der Waals surface area contributed by atoms with Gasteiger partial charge in [0, 0.05) is 10.6 Å². The Morgan fingerprint density at radius 1 is 1.23 bits per heavy atom. The molecule has 2 aromatic heterocycles. The SMILES string of the molecule is O=C(CSc1nnc(-c2ccco2)o1)c1ccc(Cl)cc1Cl. The Morgan fingerprint density at radius 3 is 2.82 bits per heavy atom. The number of hydrogen-bond acceptors (Lipinski definition) is 6. The fourth-order valence-corrected chi connectivity index (χ4v) is 2.85. The average Bonchev–Trinajstić information content (AvgIpc) is 3.16. The number of benzene rings is 1. The zero-order chi connectivity index (χ0) is 15.5. The monoisotopic (exact) mass is 354 g/mol. The lowest BCUT2D eigenvalue weighted by molar-refractivity contribution is 0.102. The minimum atomic E-state index is -0.149. The van der Waals surface area contributed by atoms with Crippen molar-refractivity contribution < 1.29 is 13.6 Å². The van der Waals surface area contributed by atoms with E-state index in [-0.39, 0.29) is 22.6 Å². The molecule has 8 heteroatoms. The van der Waals surface area contributed by atoms with Gasteiger partial charge in [0.05, 0.1) is 17.0 Å². The second-order valence-corrected chi connectivity index (χ2v) is 5.96. The quantitative estimate of drug-likeness (QED) is 0.492. The van der Waals surface area contributed by atoms with E-state index in [2.05, 4.69) is 10.2 Å². The Hall–Kier alpha value is -1.76. The van der Waals surface area contributed by atoms with Crippen LogP contribution >= 0.6 is 35.0 Å². The first-order valence-corrected chi connectivity index (χ1v) is 7.86. The van der Waals surface area contributed by atoms with Gasteiger partial charge in [-0.1, -0.05) is 35.0 Å². The fourth-order valence-electron chi connectivity index (χ4n) is 1.69. The molecule has 2 heterocycles. The summed E-state index contributed by atoms with van der Waals surface area (Å²) in [4.78, 5) is 12.1. The van der Waals surface area contributed by atoms with E-state index in [1.165, 1.54) is 12.3 Å². The van der Waals surface area contributed by atoms with Crippen LogP contribution in [0.5, 0.6) is 0 Å². The first kappa shape index (κ1) is 15.1. The number of carbonyl (C=O) groups excluding carboxylic acids is 1. The van der Waals surface area contributed by atoms with Crippen LogP contribution in [0.25, 0.3) is 11.7 Å². The fraction of sp³-hybridized carbons (Fsp3) is 0.0714. The van der Waals surface area contributed by atoms with Crippen LogP contribution in [0.1, 0.15) is 10.4 Å². The zero-order valence-electron chi connectivity index (χ0n) is 11.0. The van der Waals surface area contributed by atoms with Crippen molar-refractivity contribution in [2.75, 3.05) is 5.75 Å². The smallest absolute Gasteiger partial charge is 0.284 e. The van der Waals surface area contributed by atoms with Crippen molar-refractivity contribution in [1.29, 1.82) is 0 Å². The van der Waals surface area contributed by atoms with Crippen molar-refractivity contribution in [2.45, 2.75) is 5.22 Å². The van der Waals surface area contributed by atoms with Crippen molar-refractivity contribution in [3.8, 4) is 11.7 Å². The maximum absolute atomic E-state index is 12.1. The van der Waals surface area contributed by atoms with Crippen LogP contribution in [0, 0.1) is 0 Å². The van der Waals surface area contributed by atoms with E-state index in [0.29, 0.717) is 21.4 Å². The largest absolute Gasteiger partial charge is 0.459 e. The molecule has 0 radical (unpaired) electrons. The van der Waals surface area contributed by atoms with Gasteiger partial charge in [-0.3, -0.25) is 4.79 Å². The average molecular weight is 355 g/mol. The van der Waals surface area contributed by atoms with Crippen LogP contribution in [-0.2, 0) is 0 Å². The minimum Gasteiger partial charge on any atom is -0.459 e. The number of halogens is 2. The molecular formula is C14H8Cl2N2O3S. The van der Waals surface area contributed by atoms with Crippen LogP contribution < -0.4 is 0 Å². The standard InChI is InChI=1S/C14H8Cl2N2O3S/c15-8-3-4-9(10(16)6-8)11(19)7-22-14-18-17-13(21-14)12-2-1-5-20-12/h1-6H,7H2. The Balaban J connectivity index is 1.66. The highest BCUT2D eigenvalue weighted by Gasteiger charge is 2.15. The molecule has 0 saturated heterocycles. The number of ketones is 1. The van der Waals surface area contributed by atoms with Gasteiger partial charge in [-0.15, -0.1) is 10.2 Å². The molecule has 5 nitrogen and oxygen atoms in total. The number of Topliss-reactive ketones (excluding diaryl/α,β-unsaturated/α-hetero) is 1. The van der Waals surface area contributed by atoms with E-state index in [1.54, 1.807) is 24.3 Å². The number of carbonyl (C=O) groups is 1. The molecule has 0 amide bonds. The summed E-state index contributed by atoms with van der Waals surface area (Å²) in [5.74, 6) is 0.724. The van der Waals surface area contributed by atoms with Crippen LogP contribution in [0.15, 0.2) is 50.7 Å². The minimum absolute atomic E-state index is 0.126. The van der Waals surface area contributed by atoms with E-state index in [9.17, 15) is 4.79 Å². The van der Waals surface area contributed by atoms with Crippen molar-refractivity contribution in [3.05, 3.63) is 52.2 Å². The summed E-state index contributed by atoms with van der Waals surface area (Å²) in [7, 11) is 0. The van der Waals surface area contributed by atoms with Crippen LogP contribution in [0.3, 0.4) is 0 Å². The third-order valence-corrected chi connectivity index (χ3v) is 4.06. The van der Waals surface area contributed by atoms with Crippen LogP contribution in [0.2, 0.25) is 10.0 Å². The first-order valence-electron chi connectivity index (χ1n) is 6.12. The Bertz CT molecular complexity index is 802. The summed E-state index contributed by atoms with van der Waals surface area (Å²) in [5, 5.41) is 8.79. The molecule has 0 unspecified atom stereocenters. The molecule has 3 rings (SSSR count). The second kappa shape index (κ2) is 6.56. The highest BCUT2D eigenvalue weighted by molar-refractivity contribution is 7.99. The third-order valence-electron chi connectivity index (χ3n) is 2.70. The van der Waals surface area contributed by atoms with Gasteiger partial charge >= 0.3 is 0 Å². The van der Waals surface area contributed by atoms with Crippen LogP contribution in [0.4, 0.5) is 0 Å². The Morgan fingerprint density at radius 2 is 2.09 bits per heavy atom. The lowest BCUT2D eigenvalue weighted by Crippen LogP contribution is -2.03. The summed E-state index contributed by atoms with van der Waals surface area (Å²) in [6.07, 6.45) is 1.51. The molecule has 0 aliphatic heterocycles. The summed E-state index contributed by atoms with van der Waals surface area (Å²) in [5.41, 5.74) is 0.407. The number of aromatic nitrogens is 2. The van der Waals surface area contributed by atoms with Gasteiger partial charge in [0.25, 0.3) is 11.1 Å². The van der Waals surface area contributed by atoms with Gasteiger partial charge in [0.15, 0.2) is 11.5 Å². The highest BCUT2D eigenvalue weighted by Crippen LogP contribution is 2.26. The molecule has 1 aromatic carbocycles. The van der Waals surface area contributed by atoms with E-state index in [4.69, 9.17) is 32.0 Å². The predicted molar refractivity (Wildman–Crippen MR) is 83.5 cm³/mol. The first-order chi connectivity index (χ1) is 10.6. The lowest BCUT2D eigenvalue weighted by atomic mass is 10.1. The molecule has 22 heavy (non-hydrogen) atoms. The van der Waals surface area contributed by atoms with Crippen molar-refractivity contribution >= 4 is 40.7 Å². The second-order valence-electron chi connectivity index (χ2n) is 4.19. The van der Waals surface area contributed by atoms with Crippen LogP contribution in [-0.4, -0.2) is 21.7 Å². The topological polar surface area (TPSA) is 69.1 Å². The summed E-state index contributed by atoms with van der Waals surface area (Å²) in [6.45, 7) is 0. The molecular weight excluding hydrogens is 347 g/mol. The number of rotatable bonds is 5. The van der Waals surface area contributed by atoms with Crippen molar-refractivity contribution in [3.63, 3.8) is 0 Å². The van der Waals surface area contributed by atoms with Gasteiger partial charge in [-0.2, -0.15) is 0 Å². The molecule has 112 valence electrons. The van der Waals surface area contributed by atoms with Gasteiger partial charge < -0.3 is 8.83 Å². The lowest BCUT2D eigenvalue weighted by Gasteiger charge is -2.02. The van der Waals surface area contributed by atoms with E-state index < -0.39 is 0 Å². The molecule has 3 aromatic rings. The molecule has 0 aliphatic carbocycles. The zero-order valence-corrected chi connectivity index (χ0v) is 13.3. The van der Waals surface area contributed by atoms with Crippen molar-refractivity contribution in [1.82, 2.24) is 10.2 Å². The van der Waals surface area contributed by atoms with Gasteiger partial charge in [0.1, 0.15) is 0 Å². The normalized spacial score (nSPS) is 10.8. The highest BCUT2D eigenvalue weighted by atomic mass is 35.5. The molecule has 0 atom stereocenters. The summed E-state index contributed by atoms with van der Waals surface area (Å²) in [6, 6.07) is 8.17. The Labute approximate surface area is 139 Å². The molecule has 0 spiro atoms. The molecule has 0 saturated carbocycles. The summed E-state index contributed by atoms with van der Waals surface area (Å²) < 4.78 is 10.6.